The Balaban J connectivity index is 2.78. The second-order valence-corrected chi connectivity index (χ2v) is 6.88. The van der Waals surface area contributed by atoms with Gasteiger partial charge in [-0.2, -0.15) is 4.31 Å². The molecule has 1 aromatic rings. The van der Waals surface area contributed by atoms with Crippen LogP contribution in [0.4, 0.5) is 0 Å². The molecule has 0 saturated carbocycles. The van der Waals surface area contributed by atoms with Crippen molar-refractivity contribution in [3.63, 3.8) is 0 Å². The first-order valence-electron chi connectivity index (χ1n) is 5.99. The fraction of sp³-hybridized carbons (Fsp3) is 0.538. The first-order chi connectivity index (χ1) is 8.30. The van der Waals surface area contributed by atoms with E-state index in [9.17, 15) is 13.5 Å². The predicted molar refractivity (Wildman–Crippen MR) is 72.7 cm³/mol. The number of aliphatic hydroxyl groups excluding tert-OH is 1. The first kappa shape index (κ1) is 15.1. The van der Waals surface area contributed by atoms with Gasteiger partial charge in [0.2, 0.25) is 10.0 Å². The van der Waals surface area contributed by atoms with Crippen molar-refractivity contribution in [3.8, 4) is 0 Å². The Hall–Kier alpha value is -0.910. The third kappa shape index (κ3) is 4.76. The van der Waals surface area contributed by atoms with Gasteiger partial charge in [-0.05, 0) is 11.5 Å². The quantitative estimate of drug-likeness (QED) is 0.855. The molecule has 4 nitrogen and oxygen atoms in total. The highest BCUT2D eigenvalue weighted by atomic mass is 32.2. The zero-order valence-corrected chi connectivity index (χ0v) is 11.9. The predicted octanol–water partition coefficient (Wildman–Crippen LogP) is 1.64. The highest BCUT2D eigenvalue weighted by Gasteiger charge is 2.21. The molecule has 102 valence electrons. The second-order valence-electron chi connectivity index (χ2n) is 4.90. The summed E-state index contributed by atoms with van der Waals surface area (Å²) >= 11 is 0. The summed E-state index contributed by atoms with van der Waals surface area (Å²) in [5.41, 5.74) is 0.731. The molecule has 0 aliphatic carbocycles. The fourth-order valence-corrected chi connectivity index (χ4v) is 2.71. The molecule has 0 aliphatic heterocycles. The van der Waals surface area contributed by atoms with Gasteiger partial charge >= 0.3 is 0 Å². The molecular formula is C13H21NO3S. The van der Waals surface area contributed by atoms with E-state index in [0.717, 1.165) is 5.56 Å². The van der Waals surface area contributed by atoms with Crippen LogP contribution in [-0.2, 0) is 10.0 Å². The molecular weight excluding hydrogens is 250 g/mol. The Kier molecular flexibility index (Phi) is 5.31. The van der Waals surface area contributed by atoms with Crippen LogP contribution >= 0.6 is 0 Å². The molecule has 0 bridgehead atoms. The van der Waals surface area contributed by atoms with Crippen LogP contribution in [0.5, 0.6) is 0 Å². The minimum absolute atomic E-state index is 0.0982. The molecule has 1 atom stereocenters. The summed E-state index contributed by atoms with van der Waals surface area (Å²) in [5.74, 6) is 0.225. The van der Waals surface area contributed by atoms with Crippen molar-refractivity contribution in [3.05, 3.63) is 35.9 Å². The summed E-state index contributed by atoms with van der Waals surface area (Å²) in [5, 5.41) is 10.1. The van der Waals surface area contributed by atoms with Crippen LogP contribution in [-0.4, -0.2) is 37.2 Å². The van der Waals surface area contributed by atoms with Crippen molar-refractivity contribution < 1.29 is 13.5 Å². The molecule has 1 N–H and O–H groups in total. The van der Waals surface area contributed by atoms with Gasteiger partial charge in [0.05, 0.1) is 12.4 Å². The maximum atomic E-state index is 11.6. The van der Waals surface area contributed by atoms with E-state index in [1.807, 2.05) is 32.0 Å². The topological polar surface area (TPSA) is 57.6 Å². The van der Waals surface area contributed by atoms with Gasteiger partial charge in [-0.3, -0.25) is 0 Å². The van der Waals surface area contributed by atoms with E-state index in [0.29, 0.717) is 6.54 Å². The standard InChI is InChI=1S/C13H21NO3S/c1-11(2)9-14(18(3,16)17)10-13(15)12-7-5-4-6-8-12/h4-8,11,13,15H,9-10H2,1-3H3/t13-/m1/s1. The van der Waals surface area contributed by atoms with Gasteiger partial charge in [-0.1, -0.05) is 44.2 Å². The van der Waals surface area contributed by atoms with Gasteiger partial charge in [-0.25, -0.2) is 8.42 Å². The summed E-state index contributed by atoms with van der Waals surface area (Å²) in [6.07, 6.45) is 0.382. The van der Waals surface area contributed by atoms with Gasteiger partial charge in [0.1, 0.15) is 0 Å². The van der Waals surface area contributed by atoms with E-state index < -0.39 is 16.1 Å². The number of aliphatic hydroxyl groups is 1. The van der Waals surface area contributed by atoms with Crippen LogP contribution in [0.3, 0.4) is 0 Å². The zero-order chi connectivity index (χ0) is 13.8. The lowest BCUT2D eigenvalue weighted by Gasteiger charge is -2.24. The van der Waals surface area contributed by atoms with Crippen LogP contribution in [0.15, 0.2) is 30.3 Å². The SMILES string of the molecule is CC(C)CN(C[C@@H](O)c1ccccc1)S(C)(=O)=O. The summed E-state index contributed by atoms with van der Waals surface area (Å²) in [6.45, 7) is 4.42. The van der Waals surface area contributed by atoms with Crippen molar-refractivity contribution in [2.45, 2.75) is 20.0 Å². The molecule has 1 aromatic carbocycles. The summed E-state index contributed by atoms with van der Waals surface area (Å²) < 4.78 is 24.6. The number of hydrogen-bond acceptors (Lipinski definition) is 3. The molecule has 0 spiro atoms. The van der Waals surface area contributed by atoms with E-state index >= 15 is 0 Å². The Bertz CT molecular complexity index is 456. The lowest BCUT2D eigenvalue weighted by molar-refractivity contribution is 0.144. The molecule has 0 amide bonds. The first-order valence-corrected chi connectivity index (χ1v) is 7.83. The van der Waals surface area contributed by atoms with Gasteiger partial charge < -0.3 is 5.11 Å². The van der Waals surface area contributed by atoms with E-state index in [4.69, 9.17) is 0 Å². The molecule has 0 aliphatic rings. The molecule has 1 rings (SSSR count). The number of benzene rings is 1. The Morgan fingerprint density at radius 2 is 1.72 bits per heavy atom. The molecule has 0 unspecified atom stereocenters. The third-order valence-electron chi connectivity index (χ3n) is 2.60. The van der Waals surface area contributed by atoms with Crippen molar-refractivity contribution >= 4 is 10.0 Å². The average Bonchev–Trinajstić information content (AvgIpc) is 2.27. The number of nitrogens with zero attached hydrogens (tertiary/aromatic N) is 1. The van der Waals surface area contributed by atoms with Crippen molar-refractivity contribution in [1.29, 1.82) is 0 Å². The largest absolute Gasteiger partial charge is 0.387 e. The lowest BCUT2D eigenvalue weighted by atomic mass is 10.1. The van der Waals surface area contributed by atoms with Crippen LogP contribution in [0, 0.1) is 5.92 Å². The lowest BCUT2D eigenvalue weighted by Crippen LogP contribution is -2.36. The summed E-state index contributed by atoms with van der Waals surface area (Å²) in [7, 11) is -3.29. The average molecular weight is 271 g/mol. The minimum atomic E-state index is -3.29. The Labute approximate surface area is 109 Å². The molecule has 18 heavy (non-hydrogen) atoms. The molecule has 0 aromatic heterocycles. The Morgan fingerprint density at radius 3 is 2.17 bits per heavy atom. The number of hydrogen-bond donors (Lipinski definition) is 1. The van der Waals surface area contributed by atoms with Gasteiger partial charge in [-0.15, -0.1) is 0 Å². The maximum Gasteiger partial charge on any atom is 0.211 e. The Morgan fingerprint density at radius 1 is 1.17 bits per heavy atom. The smallest absolute Gasteiger partial charge is 0.211 e. The van der Waals surface area contributed by atoms with Crippen molar-refractivity contribution in [2.75, 3.05) is 19.3 Å². The highest BCUT2D eigenvalue weighted by molar-refractivity contribution is 7.88. The van der Waals surface area contributed by atoms with Crippen molar-refractivity contribution in [1.82, 2.24) is 4.31 Å². The van der Waals surface area contributed by atoms with Crippen LogP contribution in [0.1, 0.15) is 25.5 Å². The highest BCUT2D eigenvalue weighted by Crippen LogP contribution is 2.16. The summed E-state index contributed by atoms with van der Waals surface area (Å²) in [6, 6.07) is 9.09. The molecule has 0 heterocycles. The third-order valence-corrected chi connectivity index (χ3v) is 3.83. The molecule has 0 saturated heterocycles. The fourth-order valence-electron chi connectivity index (χ4n) is 1.73. The van der Waals surface area contributed by atoms with Gasteiger partial charge in [0, 0.05) is 13.1 Å². The van der Waals surface area contributed by atoms with Crippen molar-refractivity contribution in [2.24, 2.45) is 5.92 Å². The van der Waals surface area contributed by atoms with E-state index in [2.05, 4.69) is 0 Å². The van der Waals surface area contributed by atoms with E-state index in [-0.39, 0.29) is 12.5 Å². The second kappa shape index (κ2) is 6.31. The van der Waals surface area contributed by atoms with E-state index in [1.165, 1.54) is 10.6 Å². The monoisotopic (exact) mass is 271 g/mol. The number of sulfonamides is 1. The van der Waals surface area contributed by atoms with E-state index in [1.54, 1.807) is 12.1 Å². The molecule has 0 radical (unpaired) electrons. The minimum Gasteiger partial charge on any atom is -0.387 e. The van der Waals surface area contributed by atoms with Crippen LogP contribution < -0.4 is 0 Å². The molecule has 0 fully saturated rings. The number of rotatable bonds is 6. The van der Waals surface area contributed by atoms with Crippen LogP contribution in [0.25, 0.3) is 0 Å². The van der Waals surface area contributed by atoms with Gasteiger partial charge in [0.25, 0.3) is 0 Å². The zero-order valence-electron chi connectivity index (χ0n) is 11.1. The maximum absolute atomic E-state index is 11.6. The van der Waals surface area contributed by atoms with Crippen LogP contribution in [0.2, 0.25) is 0 Å². The summed E-state index contributed by atoms with van der Waals surface area (Å²) in [4.78, 5) is 0. The normalized spacial score (nSPS) is 14.1. The van der Waals surface area contributed by atoms with Gasteiger partial charge in [0.15, 0.2) is 0 Å². The molecule has 5 heteroatoms.